The summed E-state index contributed by atoms with van der Waals surface area (Å²) >= 11 is 0. The summed E-state index contributed by atoms with van der Waals surface area (Å²) in [6, 6.07) is 0.583. The highest BCUT2D eigenvalue weighted by atomic mass is 16.4. The fourth-order valence-electron chi connectivity index (χ4n) is 4.03. The van der Waals surface area contributed by atoms with Crippen molar-refractivity contribution in [2.75, 3.05) is 33.2 Å². The maximum absolute atomic E-state index is 11.5. The molecule has 2 rings (SSSR count). The van der Waals surface area contributed by atoms with Gasteiger partial charge in [-0.25, -0.2) is 0 Å². The smallest absolute Gasteiger partial charge is 0.308 e. The molecule has 3 atom stereocenters. The first-order valence-corrected chi connectivity index (χ1v) is 8.81. The van der Waals surface area contributed by atoms with Crippen molar-refractivity contribution < 1.29 is 14.9 Å². The standard InChI is InChI=1S/C16H31BN2O3/c1-17(22)8-5-6-13-10-19(12-15(13)16(20)21)11-14-7-3-4-9-18(14)2/h13-15,22H,3-12H2,1-2H3,(H,20,21)/t13-,14?,15+/m0/s1. The number of hydrogen-bond donors (Lipinski definition) is 2. The van der Waals surface area contributed by atoms with E-state index in [0.717, 1.165) is 32.3 Å². The number of likely N-dealkylation sites (N-methyl/N-ethyl adjacent to an activating group) is 1. The second-order valence-electron chi connectivity index (χ2n) is 7.33. The fourth-order valence-corrected chi connectivity index (χ4v) is 4.03. The maximum atomic E-state index is 11.5. The Balaban J connectivity index is 1.84. The number of rotatable bonds is 7. The van der Waals surface area contributed by atoms with Crippen LogP contribution in [0.25, 0.3) is 0 Å². The van der Waals surface area contributed by atoms with Crippen molar-refractivity contribution in [1.82, 2.24) is 9.80 Å². The van der Waals surface area contributed by atoms with E-state index < -0.39 is 5.97 Å². The molecule has 126 valence electrons. The largest absolute Gasteiger partial charge is 0.481 e. The van der Waals surface area contributed by atoms with E-state index in [9.17, 15) is 14.9 Å². The number of piperidine rings is 1. The molecule has 2 fully saturated rings. The highest BCUT2D eigenvalue weighted by molar-refractivity contribution is 6.48. The van der Waals surface area contributed by atoms with Gasteiger partial charge in [-0.05, 0) is 45.1 Å². The van der Waals surface area contributed by atoms with Gasteiger partial charge in [-0.3, -0.25) is 4.79 Å². The molecule has 22 heavy (non-hydrogen) atoms. The van der Waals surface area contributed by atoms with Gasteiger partial charge in [0.2, 0.25) is 0 Å². The number of nitrogens with zero attached hydrogens (tertiary/aromatic N) is 2. The molecule has 2 saturated heterocycles. The molecule has 0 saturated carbocycles. The van der Waals surface area contributed by atoms with E-state index in [-0.39, 0.29) is 18.8 Å². The van der Waals surface area contributed by atoms with Gasteiger partial charge in [0.15, 0.2) is 0 Å². The van der Waals surface area contributed by atoms with E-state index in [1.807, 2.05) is 0 Å². The molecule has 2 heterocycles. The van der Waals surface area contributed by atoms with Crippen molar-refractivity contribution in [2.45, 2.75) is 51.3 Å². The van der Waals surface area contributed by atoms with Crippen LogP contribution in [-0.4, -0.2) is 72.1 Å². The minimum absolute atomic E-state index is 0.233. The van der Waals surface area contributed by atoms with Gasteiger partial charge in [0.1, 0.15) is 0 Å². The van der Waals surface area contributed by atoms with E-state index in [2.05, 4.69) is 16.8 Å². The second-order valence-corrected chi connectivity index (χ2v) is 7.33. The molecule has 0 amide bonds. The molecule has 2 aliphatic heterocycles. The predicted octanol–water partition coefficient (Wildman–Crippen LogP) is 1.50. The van der Waals surface area contributed by atoms with Gasteiger partial charge in [0.05, 0.1) is 5.92 Å². The highest BCUT2D eigenvalue weighted by Gasteiger charge is 2.38. The van der Waals surface area contributed by atoms with E-state index in [4.69, 9.17) is 0 Å². The summed E-state index contributed by atoms with van der Waals surface area (Å²) in [7, 11) is 2.19. The zero-order chi connectivity index (χ0) is 16.1. The van der Waals surface area contributed by atoms with Crippen LogP contribution in [0, 0.1) is 11.8 Å². The molecule has 2 N–H and O–H groups in total. The van der Waals surface area contributed by atoms with Crippen molar-refractivity contribution >= 4 is 12.9 Å². The summed E-state index contributed by atoms with van der Waals surface area (Å²) in [5.41, 5.74) is 0. The Morgan fingerprint density at radius 3 is 2.73 bits per heavy atom. The third-order valence-electron chi connectivity index (χ3n) is 5.42. The molecule has 2 aliphatic rings. The lowest BCUT2D eigenvalue weighted by Gasteiger charge is -2.35. The first-order chi connectivity index (χ1) is 10.5. The summed E-state index contributed by atoms with van der Waals surface area (Å²) in [6.45, 7) is 5.29. The SMILES string of the molecule is CB(O)CCC[C@H]1CN(CC2CCCCN2C)C[C@H]1C(=O)O. The average molecular weight is 310 g/mol. The molecular formula is C16H31BN2O3. The Bertz CT molecular complexity index is 367. The molecule has 5 nitrogen and oxygen atoms in total. The lowest BCUT2D eigenvalue weighted by atomic mass is 9.66. The summed E-state index contributed by atoms with van der Waals surface area (Å²) in [4.78, 5) is 16.3. The van der Waals surface area contributed by atoms with E-state index in [0.29, 0.717) is 12.6 Å². The monoisotopic (exact) mass is 310 g/mol. The number of carboxylic acid groups (broad SMARTS) is 1. The van der Waals surface area contributed by atoms with Crippen LogP contribution in [0.5, 0.6) is 0 Å². The Morgan fingerprint density at radius 1 is 1.32 bits per heavy atom. The van der Waals surface area contributed by atoms with Gasteiger partial charge in [-0.2, -0.15) is 0 Å². The Labute approximate surface area is 134 Å². The third kappa shape index (κ3) is 4.96. The minimum atomic E-state index is -0.651. The van der Waals surface area contributed by atoms with Crippen LogP contribution in [0.15, 0.2) is 0 Å². The van der Waals surface area contributed by atoms with Gasteiger partial charge in [-0.15, -0.1) is 0 Å². The molecule has 0 aliphatic carbocycles. The van der Waals surface area contributed by atoms with Crippen LogP contribution in [0.3, 0.4) is 0 Å². The normalized spacial score (nSPS) is 30.6. The quantitative estimate of drug-likeness (QED) is 0.698. The van der Waals surface area contributed by atoms with Gasteiger partial charge in [0.25, 0.3) is 6.92 Å². The third-order valence-corrected chi connectivity index (χ3v) is 5.42. The topological polar surface area (TPSA) is 64.0 Å². The lowest BCUT2D eigenvalue weighted by molar-refractivity contribution is -0.142. The highest BCUT2D eigenvalue weighted by Crippen LogP contribution is 2.29. The van der Waals surface area contributed by atoms with Crippen molar-refractivity contribution in [2.24, 2.45) is 11.8 Å². The Kier molecular flexibility index (Phi) is 6.72. The Morgan fingerprint density at radius 2 is 2.09 bits per heavy atom. The van der Waals surface area contributed by atoms with E-state index >= 15 is 0 Å². The second kappa shape index (κ2) is 8.32. The minimum Gasteiger partial charge on any atom is -0.481 e. The number of carbonyl (C=O) groups is 1. The van der Waals surface area contributed by atoms with Crippen molar-refractivity contribution in [1.29, 1.82) is 0 Å². The number of likely N-dealkylation sites (tertiary alicyclic amines) is 2. The molecule has 0 aromatic heterocycles. The van der Waals surface area contributed by atoms with Crippen LogP contribution in [-0.2, 0) is 4.79 Å². The number of hydrogen-bond acceptors (Lipinski definition) is 4. The Hall–Kier alpha value is -0.585. The molecule has 0 spiro atoms. The van der Waals surface area contributed by atoms with Crippen molar-refractivity contribution in [3.63, 3.8) is 0 Å². The van der Waals surface area contributed by atoms with Crippen LogP contribution in [0.2, 0.25) is 13.1 Å². The maximum Gasteiger partial charge on any atom is 0.308 e. The fraction of sp³-hybridized carbons (Fsp3) is 0.938. The van der Waals surface area contributed by atoms with Gasteiger partial charge in [0, 0.05) is 25.7 Å². The number of aliphatic carboxylic acids is 1. The first-order valence-electron chi connectivity index (χ1n) is 8.81. The molecular weight excluding hydrogens is 279 g/mol. The first kappa shape index (κ1) is 17.8. The zero-order valence-electron chi connectivity index (χ0n) is 14.1. The summed E-state index contributed by atoms with van der Waals surface area (Å²) in [5.74, 6) is -0.644. The van der Waals surface area contributed by atoms with E-state index in [1.54, 1.807) is 6.82 Å². The molecule has 0 radical (unpaired) electrons. The molecule has 0 aromatic carbocycles. The summed E-state index contributed by atoms with van der Waals surface area (Å²) in [6.07, 6.45) is 6.42. The lowest BCUT2D eigenvalue weighted by Crippen LogP contribution is -2.44. The van der Waals surface area contributed by atoms with E-state index in [1.165, 1.54) is 25.8 Å². The molecule has 6 heteroatoms. The van der Waals surface area contributed by atoms with Crippen LogP contribution in [0.4, 0.5) is 0 Å². The number of carboxylic acids is 1. The summed E-state index contributed by atoms with van der Waals surface area (Å²) < 4.78 is 0. The predicted molar refractivity (Wildman–Crippen MR) is 89.2 cm³/mol. The summed E-state index contributed by atoms with van der Waals surface area (Å²) in [5, 5.41) is 18.8. The molecule has 1 unspecified atom stereocenters. The van der Waals surface area contributed by atoms with Gasteiger partial charge < -0.3 is 19.9 Å². The van der Waals surface area contributed by atoms with Gasteiger partial charge in [-0.1, -0.05) is 19.7 Å². The van der Waals surface area contributed by atoms with Crippen molar-refractivity contribution in [3.05, 3.63) is 0 Å². The van der Waals surface area contributed by atoms with Crippen LogP contribution >= 0.6 is 0 Å². The molecule has 0 bridgehead atoms. The zero-order valence-corrected chi connectivity index (χ0v) is 14.1. The molecule has 0 aromatic rings. The average Bonchev–Trinajstić information content (AvgIpc) is 2.84. The van der Waals surface area contributed by atoms with Crippen LogP contribution < -0.4 is 0 Å². The van der Waals surface area contributed by atoms with Crippen molar-refractivity contribution in [3.8, 4) is 0 Å². The van der Waals surface area contributed by atoms with Gasteiger partial charge >= 0.3 is 5.97 Å². The van der Waals surface area contributed by atoms with Crippen LogP contribution in [0.1, 0.15) is 32.1 Å².